The first kappa shape index (κ1) is 24.0. The van der Waals surface area contributed by atoms with E-state index in [1.165, 1.54) is 23.1 Å². The molecule has 2 aromatic rings. The van der Waals surface area contributed by atoms with Crippen molar-refractivity contribution in [2.24, 2.45) is 0 Å². The van der Waals surface area contributed by atoms with E-state index in [-0.39, 0.29) is 41.8 Å². The van der Waals surface area contributed by atoms with E-state index in [9.17, 15) is 23.9 Å². The molecule has 0 saturated carbocycles. The highest BCUT2D eigenvalue weighted by molar-refractivity contribution is 6.30. The zero-order valence-corrected chi connectivity index (χ0v) is 19.9. The minimum atomic E-state index is -0.659. The van der Waals surface area contributed by atoms with Crippen LogP contribution in [0, 0.1) is 5.82 Å². The molecule has 10 heteroatoms. The maximum Gasteiger partial charge on any atom is 0.274 e. The summed E-state index contributed by atoms with van der Waals surface area (Å²) in [6.45, 7) is 5.52. The number of aromatic nitrogens is 1. The van der Waals surface area contributed by atoms with E-state index in [4.69, 9.17) is 11.6 Å². The van der Waals surface area contributed by atoms with Crippen molar-refractivity contribution in [3.05, 3.63) is 68.4 Å². The van der Waals surface area contributed by atoms with Crippen molar-refractivity contribution in [3.63, 3.8) is 0 Å². The summed E-state index contributed by atoms with van der Waals surface area (Å²) in [6, 6.07) is 4.21. The summed E-state index contributed by atoms with van der Waals surface area (Å²) in [4.78, 5) is 44.1. The van der Waals surface area contributed by atoms with Crippen LogP contribution in [0.4, 0.5) is 4.39 Å². The van der Waals surface area contributed by atoms with Crippen LogP contribution in [0.15, 0.2) is 29.6 Å². The number of amides is 2. The van der Waals surface area contributed by atoms with Gasteiger partial charge in [-0.2, -0.15) is 0 Å². The van der Waals surface area contributed by atoms with Crippen LogP contribution in [0.25, 0.3) is 5.57 Å². The molecule has 2 amide bonds. The first-order valence-electron chi connectivity index (χ1n) is 10.9. The van der Waals surface area contributed by atoms with Crippen molar-refractivity contribution in [2.45, 2.75) is 26.1 Å². The highest BCUT2D eigenvalue weighted by Crippen LogP contribution is 2.31. The number of hydrogen-bond acceptors (Lipinski definition) is 5. The van der Waals surface area contributed by atoms with E-state index in [1.54, 1.807) is 28.5 Å². The maximum absolute atomic E-state index is 13.5. The summed E-state index contributed by atoms with van der Waals surface area (Å²) in [5.41, 5.74) is 1.16. The van der Waals surface area contributed by atoms with Gasteiger partial charge in [0.05, 0.1) is 18.1 Å². The van der Waals surface area contributed by atoms with Crippen LogP contribution in [0.2, 0.25) is 5.02 Å². The number of nitrogens with zero attached hydrogens (tertiary/aromatic N) is 4. The number of rotatable bonds is 4. The molecule has 2 aliphatic rings. The van der Waals surface area contributed by atoms with Gasteiger partial charge in [-0.15, -0.1) is 0 Å². The van der Waals surface area contributed by atoms with Gasteiger partial charge in [0, 0.05) is 37.4 Å². The van der Waals surface area contributed by atoms with Crippen LogP contribution in [0.1, 0.15) is 33.7 Å². The lowest BCUT2D eigenvalue weighted by Crippen LogP contribution is -2.44. The number of benzene rings is 1. The van der Waals surface area contributed by atoms with Gasteiger partial charge in [-0.25, -0.2) is 4.39 Å². The molecule has 8 nitrogen and oxygen atoms in total. The Labute approximate surface area is 201 Å². The van der Waals surface area contributed by atoms with Crippen LogP contribution in [-0.2, 0) is 24.4 Å². The van der Waals surface area contributed by atoms with Gasteiger partial charge < -0.3 is 24.4 Å². The summed E-state index contributed by atoms with van der Waals surface area (Å²) in [5, 5.41) is 10.7. The lowest BCUT2D eigenvalue weighted by atomic mass is 10.00. The molecular weight excluding hydrogens is 463 g/mol. The maximum atomic E-state index is 13.5. The number of carbonyl (C=O) groups excluding carboxylic acids is 2. The molecule has 0 aliphatic carbocycles. The molecule has 3 heterocycles. The molecular formula is C24H26ClFN4O4. The molecule has 1 N–H and O–H groups in total. The molecule has 4 rings (SSSR count). The van der Waals surface area contributed by atoms with Crippen molar-refractivity contribution >= 4 is 29.0 Å². The second-order valence-corrected chi connectivity index (χ2v) is 9.29. The predicted molar refractivity (Wildman–Crippen MR) is 126 cm³/mol. The number of halogens is 2. The molecule has 34 heavy (non-hydrogen) atoms. The summed E-state index contributed by atoms with van der Waals surface area (Å²) >= 11 is 5.87. The summed E-state index contributed by atoms with van der Waals surface area (Å²) < 4.78 is 15.1. The first-order chi connectivity index (χ1) is 16.1. The zero-order chi connectivity index (χ0) is 24.7. The fraction of sp³-hybridized carbons (Fsp3) is 0.375. The third kappa shape index (κ3) is 4.33. The molecule has 180 valence electrons. The Morgan fingerprint density at radius 3 is 2.65 bits per heavy atom. The Kier molecular flexibility index (Phi) is 6.51. The Morgan fingerprint density at radius 1 is 1.24 bits per heavy atom. The van der Waals surface area contributed by atoms with Crippen LogP contribution >= 0.6 is 11.6 Å². The van der Waals surface area contributed by atoms with Gasteiger partial charge in [0.1, 0.15) is 5.82 Å². The third-order valence-electron chi connectivity index (χ3n) is 6.17. The molecule has 0 fully saturated rings. The quantitative estimate of drug-likeness (QED) is 0.713. The highest BCUT2D eigenvalue weighted by Gasteiger charge is 2.35. The molecule has 0 bridgehead atoms. The second-order valence-electron chi connectivity index (χ2n) is 8.88. The molecule has 1 aromatic carbocycles. The van der Waals surface area contributed by atoms with E-state index in [1.807, 2.05) is 0 Å². The van der Waals surface area contributed by atoms with Gasteiger partial charge >= 0.3 is 0 Å². The second kappa shape index (κ2) is 9.23. The van der Waals surface area contributed by atoms with E-state index >= 15 is 0 Å². The average Bonchev–Trinajstić information content (AvgIpc) is 2.95. The number of carbonyl (C=O) groups is 2. The number of aromatic hydroxyl groups is 1. The van der Waals surface area contributed by atoms with E-state index in [2.05, 4.69) is 6.58 Å². The number of likely N-dealkylation sites (N-methyl/N-ethyl adjacent to an activating group) is 1. The minimum absolute atomic E-state index is 0.0484. The first-order valence-corrected chi connectivity index (χ1v) is 11.3. The van der Waals surface area contributed by atoms with Crippen LogP contribution < -0.4 is 5.43 Å². The highest BCUT2D eigenvalue weighted by atomic mass is 35.5. The zero-order valence-electron chi connectivity index (χ0n) is 19.1. The summed E-state index contributed by atoms with van der Waals surface area (Å²) in [7, 11) is 3.60. The van der Waals surface area contributed by atoms with E-state index in [0.29, 0.717) is 42.9 Å². The SMILES string of the molecule is C=C1CCN(C(=O)CN(C)C)Cc2c1c(=O)c(O)c1n2CCN(Cc2ccc(F)c(Cl)c2)C1=O. The third-order valence-corrected chi connectivity index (χ3v) is 6.46. The molecule has 1 aromatic heterocycles. The molecule has 0 atom stereocenters. The van der Waals surface area contributed by atoms with Crippen molar-refractivity contribution in [1.29, 1.82) is 0 Å². The normalized spacial score (nSPS) is 15.9. The van der Waals surface area contributed by atoms with Crippen molar-refractivity contribution in [3.8, 4) is 5.75 Å². The van der Waals surface area contributed by atoms with Gasteiger partial charge in [0.25, 0.3) is 5.91 Å². The molecule has 0 spiro atoms. The lowest BCUT2D eigenvalue weighted by molar-refractivity contribution is -0.132. The summed E-state index contributed by atoms with van der Waals surface area (Å²) in [5.74, 6) is -1.80. The van der Waals surface area contributed by atoms with Gasteiger partial charge in [-0.05, 0) is 43.8 Å². The fourth-order valence-electron chi connectivity index (χ4n) is 4.47. The average molecular weight is 489 g/mol. The molecule has 0 saturated heterocycles. The molecule has 2 aliphatic heterocycles. The van der Waals surface area contributed by atoms with Crippen LogP contribution in [-0.4, -0.2) is 69.9 Å². The Bertz CT molecular complexity index is 1260. The topological polar surface area (TPSA) is 86.1 Å². The van der Waals surface area contributed by atoms with E-state index < -0.39 is 22.9 Å². The van der Waals surface area contributed by atoms with Crippen molar-refractivity contribution in [1.82, 2.24) is 19.3 Å². The monoisotopic (exact) mass is 488 g/mol. The Morgan fingerprint density at radius 2 is 1.97 bits per heavy atom. The Hall–Kier alpha value is -3.17. The predicted octanol–water partition coefficient (Wildman–Crippen LogP) is 2.31. The fourth-order valence-corrected chi connectivity index (χ4v) is 4.67. The number of fused-ring (bicyclic) bond motifs is 3. The molecule has 0 radical (unpaired) electrons. The Balaban J connectivity index is 1.73. The van der Waals surface area contributed by atoms with Crippen molar-refractivity contribution < 1.29 is 19.1 Å². The van der Waals surface area contributed by atoms with Crippen LogP contribution in [0.5, 0.6) is 5.75 Å². The lowest BCUT2D eigenvalue weighted by Gasteiger charge is -2.33. The van der Waals surface area contributed by atoms with Crippen LogP contribution in [0.3, 0.4) is 0 Å². The molecule has 0 unspecified atom stereocenters. The minimum Gasteiger partial charge on any atom is -0.503 e. The van der Waals surface area contributed by atoms with Gasteiger partial charge in [0.15, 0.2) is 11.4 Å². The largest absolute Gasteiger partial charge is 0.503 e. The number of pyridine rings is 1. The van der Waals surface area contributed by atoms with E-state index in [0.717, 1.165) is 0 Å². The smallest absolute Gasteiger partial charge is 0.274 e. The van der Waals surface area contributed by atoms with Crippen molar-refractivity contribution in [2.75, 3.05) is 33.7 Å². The van der Waals surface area contributed by atoms with Gasteiger partial charge in [0.2, 0.25) is 11.3 Å². The van der Waals surface area contributed by atoms with Gasteiger partial charge in [-0.1, -0.05) is 24.2 Å². The van der Waals surface area contributed by atoms with Gasteiger partial charge in [-0.3, -0.25) is 14.4 Å². The standard InChI is InChI=1S/C24H26ClFN4O4/c1-14-6-7-28(19(31)13-27(2)3)12-18-20(14)22(32)23(33)21-24(34)29(8-9-30(18)21)11-15-4-5-17(26)16(25)10-15/h4-5,10,33H,1,6-9,11-13H2,2-3H3. The number of hydrogen-bond donors (Lipinski definition) is 1. The summed E-state index contributed by atoms with van der Waals surface area (Å²) in [6.07, 6.45) is 0.394.